The molecule has 1 atom stereocenters. The van der Waals surface area contributed by atoms with Gasteiger partial charge in [-0.25, -0.2) is 8.78 Å². The highest BCUT2D eigenvalue weighted by molar-refractivity contribution is 6.10. The van der Waals surface area contributed by atoms with E-state index in [1.54, 1.807) is 0 Å². The Morgan fingerprint density at radius 3 is 2.35 bits per heavy atom. The molecule has 0 saturated heterocycles. The highest BCUT2D eigenvalue weighted by Gasteiger charge is 2.24. The molecule has 1 aromatic rings. The second kappa shape index (κ2) is 7.67. The second-order valence-electron chi connectivity index (χ2n) is 6.52. The van der Waals surface area contributed by atoms with E-state index in [2.05, 4.69) is 44.5 Å². The third kappa shape index (κ3) is 5.12. The van der Waals surface area contributed by atoms with Crippen LogP contribution in [0.4, 0.5) is 8.78 Å². The molecule has 1 rings (SSSR count). The Morgan fingerprint density at radius 1 is 1.26 bits per heavy atom. The van der Waals surface area contributed by atoms with Gasteiger partial charge in [-0.05, 0) is 54.5 Å². The fraction of sp³-hybridized carbons (Fsp3) is 0.450. The lowest BCUT2D eigenvalue weighted by Crippen LogP contribution is -2.14. The van der Waals surface area contributed by atoms with Crippen LogP contribution in [0.25, 0.3) is 0 Å². The number of nitrogens with zero attached hydrogens (tertiary/aromatic N) is 1. The first kappa shape index (κ1) is 19.3. The summed E-state index contributed by atoms with van der Waals surface area (Å²) in [5.41, 5.74) is 3.58. The molecule has 3 heteroatoms. The SMILES string of the molecule is C=CN=C(/C=C(\C)C(C)(F)F)c1cc(C(C)C(C)C)ccc1C. The van der Waals surface area contributed by atoms with E-state index in [0.717, 1.165) is 18.1 Å². The van der Waals surface area contributed by atoms with Crippen molar-refractivity contribution in [1.82, 2.24) is 0 Å². The number of hydrogen-bond donors (Lipinski definition) is 0. The Kier molecular flexibility index (Phi) is 6.43. The van der Waals surface area contributed by atoms with E-state index in [9.17, 15) is 8.78 Å². The van der Waals surface area contributed by atoms with Crippen molar-refractivity contribution in [2.45, 2.75) is 53.4 Å². The average molecular weight is 319 g/mol. The van der Waals surface area contributed by atoms with Crippen LogP contribution < -0.4 is 0 Å². The zero-order chi connectivity index (χ0) is 17.8. The quantitative estimate of drug-likeness (QED) is 0.546. The minimum atomic E-state index is -2.86. The fourth-order valence-corrected chi connectivity index (χ4v) is 2.20. The maximum absolute atomic E-state index is 13.5. The van der Waals surface area contributed by atoms with E-state index in [-0.39, 0.29) is 5.57 Å². The molecule has 1 aromatic carbocycles. The number of alkyl halides is 2. The Hall–Kier alpha value is -1.77. The number of aryl methyl sites for hydroxylation is 1. The molecular formula is C20H27F2N. The van der Waals surface area contributed by atoms with E-state index < -0.39 is 5.92 Å². The van der Waals surface area contributed by atoms with Gasteiger partial charge in [0.25, 0.3) is 5.92 Å². The van der Waals surface area contributed by atoms with Gasteiger partial charge >= 0.3 is 0 Å². The van der Waals surface area contributed by atoms with Gasteiger partial charge in [0.15, 0.2) is 0 Å². The van der Waals surface area contributed by atoms with Crippen LogP contribution in [-0.2, 0) is 0 Å². The van der Waals surface area contributed by atoms with Crippen molar-refractivity contribution in [1.29, 1.82) is 0 Å². The van der Waals surface area contributed by atoms with Gasteiger partial charge in [0, 0.05) is 18.7 Å². The molecule has 0 radical (unpaired) electrons. The largest absolute Gasteiger partial charge is 0.266 e. The maximum atomic E-state index is 13.5. The van der Waals surface area contributed by atoms with Crippen LogP contribution in [-0.4, -0.2) is 11.6 Å². The Morgan fingerprint density at radius 2 is 1.87 bits per heavy atom. The average Bonchev–Trinajstić information content (AvgIpc) is 2.45. The monoisotopic (exact) mass is 319 g/mol. The van der Waals surface area contributed by atoms with E-state index in [1.165, 1.54) is 24.8 Å². The number of allylic oxidation sites excluding steroid dienone is 2. The first-order chi connectivity index (χ1) is 10.6. The van der Waals surface area contributed by atoms with Gasteiger partial charge in [-0.3, -0.25) is 4.99 Å². The third-order valence-electron chi connectivity index (χ3n) is 4.34. The van der Waals surface area contributed by atoms with Crippen molar-refractivity contribution >= 4 is 5.71 Å². The van der Waals surface area contributed by atoms with Gasteiger partial charge in [0.05, 0.1) is 5.71 Å². The van der Waals surface area contributed by atoms with Crippen LogP contribution in [0.2, 0.25) is 0 Å². The summed E-state index contributed by atoms with van der Waals surface area (Å²) in [6.45, 7) is 14.4. The van der Waals surface area contributed by atoms with E-state index in [4.69, 9.17) is 0 Å². The number of benzene rings is 1. The summed E-state index contributed by atoms with van der Waals surface area (Å²) in [5, 5.41) is 0. The minimum Gasteiger partial charge on any atom is -0.257 e. The van der Waals surface area contributed by atoms with Crippen molar-refractivity contribution in [3.8, 4) is 0 Å². The van der Waals surface area contributed by atoms with Gasteiger partial charge in [0.2, 0.25) is 0 Å². The van der Waals surface area contributed by atoms with Crippen molar-refractivity contribution in [3.63, 3.8) is 0 Å². The van der Waals surface area contributed by atoms with Crippen molar-refractivity contribution < 1.29 is 8.78 Å². The summed E-state index contributed by atoms with van der Waals surface area (Å²) in [7, 11) is 0. The molecule has 0 aliphatic rings. The Labute approximate surface area is 138 Å². The van der Waals surface area contributed by atoms with E-state index >= 15 is 0 Å². The van der Waals surface area contributed by atoms with Crippen LogP contribution in [0.15, 0.2) is 47.6 Å². The lowest BCUT2D eigenvalue weighted by Gasteiger charge is -2.18. The third-order valence-corrected chi connectivity index (χ3v) is 4.34. The topological polar surface area (TPSA) is 12.4 Å². The first-order valence-corrected chi connectivity index (χ1v) is 7.94. The molecule has 0 aliphatic carbocycles. The van der Waals surface area contributed by atoms with Gasteiger partial charge < -0.3 is 0 Å². The zero-order valence-electron chi connectivity index (χ0n) is 15.0. The van der Waals surface area contributed by atoms with Crippen LogP contribution in [0, 0.1) is 12.8 Å². The molecule has 0 saturated carbocycles. The Bertz CT molecular complexity index is 619. The van der Waals surface area contributed by atoms with Crippen LogP contribution in [0.1, 0.15) is 57.2 Å². The molecule has 0 fully saturated rings. The van der Waals surface area contributed by atoms with Crippen LogP contribution in [0.5, 0.6) is 0 Å². The molecule has 0 amide bonds. The highest BCUT2D eigenvalue weighted by atomic mass is 19.3. The number of hydrogen-bond acceptors (Lipinski definition) is 1. The van der Waals surface area contributed by atoms with Crippen LogP contribution >= 0.6 is 0 Å². The van der Waals surface area contributed by atoms with E-state index in [0.29, 0.717) is 17.5 Å². The number of rotatable bonds is 6. The summed E-state index contributed by atoms with van der Waals surface area (Å²) in [6, 6.07) is 6.18. The Balaban J connectivity index is 3.42. The van der Waals surface area contributed by atoms with Crippen molar-refractivity contribution in [3.05, 3.63) is 59.3 Å². The van der Waals surface area contributed by atoms with Gasteiger partial charge in [0.1, 0.15) is 0 Å². The molecule has 1 unspecified atom stereocenters. The maximum Gasteiger partial charge on any atom is 0.266 e. The highest BCUT2D eigenvalue weighted by Crippen LogP contribution is 2.27. The molecule has 126 valence electrons. The first-order valence-electron chi connectivity index (χ1n) is 7.94. The molecule has 1 nitrogen and oxygen atoms in total. The molecule has 0 spiro atoms. The fourth-order valence-electron chi connectivity index (χ4n) is 2.20. The predicted octanol–water partition coefficient (Wildman–Crippen LogP) is 6.29. The molecule has 0 bridgehead atoms. The standard InChI is InChI=1S/C20H27F2N/c1-8-23-19(11-15(5)20(7,21)22)18-12-17(10-9-14(18)4)16(6)13(2)3/h8-13,16H,1H2,2-7H3/b15-11+,23-19?. The van der Waals surface area contributed by atoms with Gasteiger partial charge in [-0.1, -0.05) is 39.5 Å². The summed E-state index contributed by atoms with van der Waals surface area (Å²) in [5.74, 6) is -1.97. The molecule has 0 N–H and O–H groups in total. The predicted molar refractivity (Wildman–Crippen MR) is 95.5 cm³/mol. The molecule has 0 aromatic heterocycles. The number of halogens is 2. The molecule has 0 aliphatic heterocycles. The lowest BCUT2D eigenvalue weighted by molar-refractivity contribution is 0.0637. The smallest absolute Gasteiger partial charge is 0.257 e. The van der Waals surface area contributed by atoms with Gasteiger partial charge in [-0.15, -0.1) is 0 Å². The van der Waals surface area contributed by atoms with Gasteiger partial charge in [-0.2, -0.15) is 0 Å². The van der Waals surface area contributed by atoms with Crippen molar-refractivity contribution in [2.75, 3.05) is 0 Å². The summed E-state index contributed by atoms with van der Waals surface area (Å²) < 4.78 is 27.0. The number of aliphatic imine (C=N–C) groups is 1. The van der Waals surface area contributed by atoms with E-state index in [1.807, 2.05) is 13.0 Å². The molecular weight excluding hydrogens is 292 g/mol. The normalized spacial score (nSPS) is 15.0. The summed E-state index contributed by atoms with van der Waals surface area (Å²) >= 11 is 0. The van der Waals surface area contributed by atoms with Crippen molar-refractivity contribution in [2.24, 2.45) is 10.9 Å². The molecule has 0 heterocycles. The lowest BCUT2D eigenvalue weighted by atomic mass is 9.87. The second-order valence-corrected chi connectivity index (χ2v) is 6.52. The summed E-state index contributed by atoms with van der Waals surface area (Å²) in [6.07, 6.45) is 2.85. The zero-order valence-corrected chi connectivity index (χ0v) is 15.0. The summed E-state index contributed by atoms with van der Waals surface area (Å²) in [4.78, 5) is 4.22. The van der Waals surface area contributed by atoms with Crippen LogP contribution in [0.3, 0.4) is 0 Å². The molecule has 23 heavy (non-hydrogen) atoms. The minimum absolute atomic E-state index is 0.0141.